The molecule has 4 aromatic carbocycles. The molecule has 0 unspecified atom stereocenters. The summed E-state index contributed by atoms with van der Waals surface area (Å²) in [6.45, 7) is 1.15. The van der Waals surface area contributed by atoms with Crippen LogP contribution in [-0.4, -0.2) is 27.2 Å². The number of carbonyl (C=O) groups is 1. The fourth-order valence-electron chi connectivity index (χ4n) is 4.22. The van der Waals surface area contributed by atoms with Gasteiger partial charge in [-0.1, -0.05) is 84.0 Å². The van der Waals surface area contributed by atoms with Crippen molar-refractivity contribution in [1.29, 1.82) is 0 Å². The zero-order chi connectivity index (χ0) is 25.6. The van der Waals surface area contributed by atoms with Gasteiger partial charge in [0.25, 0.3) is 0 Å². The van der Waals surface area contributed by atoms with Crippen LogP contribution >= 0.6 is 23.4 Å². The quantitative estimate of drug-likeness (QED) is 0.192. The molecule has 7 heteroatoms. The van der Waals surface area contributed by atoms with Crippen LogP contribution in [0.5, 0.6) is 5.75 Å². The molecule has 0 saturated carbocycles. The summed E-state index contributed by atoms with van der Waals surface area (Å²) in [5.74, 6) is 0.352. The van der Waals surface area contributed by atoms with E-state index in [1.54, 1.807) is 36.0 Å². The number of aromatic carboxylic acids is 1. The summed E-state index contributed by atoms with van der Waals surface area (Å²) < 4.78 is 8.03. The minimum atomic E-state index is -0.921. The van der Waals surface area contributed by atoms with Gasteiger partial charge >= 0.3 is 5.97 Å². The van der Waals surface area contributed by atoms with Crippen molar-refractivity contribution in [3.05, 3.63) is 125 Å². The molecule has 5 nitrogen and oxygen atoms in total. The van der Waals surface area contributed by atoms with E-state index >= 15 is 0 Å². The normalized spacial score (nSPS) is 11.1. The standard InChI is InChI=1S/C30H25ClN2O3S/c31-24-12-14-26(15-13-24)36-17-16-25-19-33(18-22-9-5-8-21-6-1-3-10-27(21)22)30(32-25)37-20-23-7-2-4-11-28(23)29(34)35/h1-15,19H,16-18,20H2,(H,34,35). The Balaban J connectivity index is 1.38. The van der Waals surface area contributed by atoms with Crippen LogP contribution in [0, 0.1) is 0 Å². The average Bonchev–Trinajstić information content (AvgIpc) is 3.30. The molecule has 0 aliphatic rings. The summed E-state index contributed by atoms with van der Waals surface area (Å²) in [7, 11) is 0. The van der Waals surface area contributed by atoms with E-state index in [1.165, 1.54) is 16.3 Å². The second-order valence-corrected chi connectivity index (χ2v) is 9.96. The molecule has 0 atom stereocenters. The predicted molar refractivity (Wildman–Crippen MR) is 149 cm³/mol. The van der Waals surface area contributed by atoms with Crippen LogP contribution in [0.25, 0.3) is 10.8 Å². The number of aromatic nitrogens is 2. The molecule has 1 heterocycles. The first-order chi connectivity index (χ1) is 18.1. The number of hydrogen-bond acceptors (Lipinski definition) is 4. The number of hydrogen-bond donors (Lipinski definition) is 1. The lowest BCUT2D eigenvalue weighted by Gasteiger charge is -2.11. The third kappa shape index (κ3) is 6.16. The van der Waals surface area contributed by atoms with E-state index in [1.807, 2.05) is 30.3 Å². The van der Waals surface area contributed by atoms with Gasteiger partial charge in [-0.2, -0.15) is 0 Å². The fourth-order valence-corrected chi connectivity index (χ4v) is 5.34. The zero-order valence-electron chi connectivity index (χ0n) is 20.0. The van der Waals surface area contributed by atoms with Crippen molar-refractivity contribution < 1.29 is 14.6 Å². The maximum absolute atomic E-state index is 11.7. The fraction of sp³-hybridized carbons (Fsp3) is 0.133. The van der Waals surface area contributed by atoms with Gasteiger partial charge in [-0.15, -0.1) is 0 Å². The number of benzene rings is 4. The Morgan fingerprint density at radius 1 is 0.919 bits per heavy atom. The van der Waals surface area contributed by atoms with Crippen LogP contribution in [-0.2, 0) is 18.7 Å². The molecular formula is C30H25ClN2O3S. The smallest absolute Gasteiger partial charge is 0.335 e. The molecule has 0 fully saturated rings. The lowest BCUT2D eigenvalue weighted by atomic mass is 10.0. The summed E-state index contributed by atoms with van der Waals surface area (Å²) in [4.78, 5) is 16.6. The molecule has 1 aromatic heterocycles. The number of carboxylic acids is 1. The summed E-state index contributed by atoms with van der Waals surface area (Å²) in [5.41, 5.74) is 3.21. The average molecular weight is 529 g/mol. The van der Waals surface area contributed by atoms with E-state index in [0.717, 1.165) is 22.2 Å². The number of ether oxygens (including phenoxy) is 1. The largest absolute Gasteiger partial charge is 0.493 e. The van der Waals surface area contributed by atoms with Gasteiger partial charge < -0.3 is 14.4 Å². The van der Waals surface area contributed by atoms with Crippen molar-refractivity contribution in [3.8, 4) is 5.75 Å². The van der Waals surface area contributed by atoms with Gasteiger partial charge in [0, 0.05) is 23.4 Å². The van der Waals surface area contributed by atoms with Crippen molar-refractivity contribution in [2.24, 2.45) is 0 Å². The van der Waals surface area contributed by atoms with Gasteiger partial charge in [-0.3, -0.25) is 0 Å². The van der Waals surface area contributed by atoms with Crippen LogP contribution in [0.4, 0.5) is 0 Å². The number of fused-ring (bicyclic) bond motifs is 1. The van der Waals surface area contributed by atoms with Crippen LogP contribution in [0.1, 0.15) is 27.2 Å². The Morgan fingerprint density at radius 2 is 1.65 bits per heavy atom. The second-order valence-electron chi connectivity index (χ2n) is 8.58. The highest BCUT2D eigenvalue weighted by Gasteiger charge is 2.14. The van der Waals surface area contributed by atoms with Gasteiger partial charge in [0.05, 0.1) is 24.4 Å². The number of rotatable bonds is 10. The first-order valence-corrected chi connectivity index (χ1v) is 13.3. The molecular weight excluding hydrogens is 504 g/mol. The topological polar surface area (TPSA) is 64.3 Å². The lowest BCUT2D eigenvalue weighted by Crippen LogP contribution is -2.03. The van der Waals surface area contributed by atoms with Crippen LogP contribution < -0.4 is 4.74 Å². The summed E-state index contributed by atoms with van der Waals surface area (Å²) in [6, 6.07) is 29.1. The Morgan fingerprint density at radius 3 is 2.49 bits per heavy atom. The lowest BCUT2D eigenvalue weighted by molar-refractivity contribution is 0.0696. The second kappa shape index (κ2) is 11.5. The van der Waals surface area contributed by atoms with Crippen molar-refractivity contribution in [3.63, 3.8) is 0 Å². The van der Waals surface area contributed by atoms with E-state index < -0.39 is 5.97 Å². The summed E-state index contributed by atoms with van der Waals surface area (Å²) >= 11 is 7.50. The molecule has 0 amide bonds. The highest BCUT2D eigenvalue weighted by Crippen LogP contribution is 2.27. The van der Waals surface area contributed by atoms with E-state index in [-0.39, 0.29) is 0 Å². The maximum Gasteiger partial charge on any atom is 0.335 e. The third-order valence-electron chi connectivity index (χ3n) is 6.06. The summed E-state index contributed by atoms with van der Waals surface area (Å²) in [5, 5.41) is 13.5. The first kappa shape index (κ1) is 24.9. The van der Waals surface area contributed by atoms with Crippen molar-refractivity contribution >= 4 is 40.1 Å². The molecule has 0 spiro atoms. The molecule has 37 heavy (non-hydrogen) atoms. The monoisotopic (exact) mass is 528 g/mol. The molecule has 0 radical (unpaired) electrons. The van der Waals surface area contributed by atoms with Gasteiger partial charge in [-0.25, -0.2) is 9.78 Å². The minimum absolute atomic E-state index is 0.318. The Bertz CT molecular complexity index is 1530. The Labute approximate surface area is 224 Å². The van der Waals surface area contributed by atoms with Gasteiger partial charge in [0.15, 0.2) is 5.16 Å². The first-order valence-electron chi connectivity index (χ1n) is 11.9. The highest BCUT2D eigenvalue weighted by molar-refractivity contribution is 7.98. The van der Waals surface area contributed by atoms with E-state index in [2.05, 4.69) is 47.2 Å². The van der Waals surface area contributed by atoms with Crippen LogP contribution in [0.3, 0.4) is 0 Å². The maximum atomic E-state index is 11.7. The van der Waals surface area contributed by atoms with Crippen LogP contribution in [0.2, 0.25) is 5.02 Å². The molecule has 5 aromatic rings. The number of thioether (sulfide) groups is 1. The van der Waals surface area contributed by atoms with Crippen LogP contribution in [0.15, 0.2) is 102 Å². The molecule has 5 rings (SSSR count). The van der Waals surface area contributed by atoms with Gasteiger partial charge in [0.2, 0.25) is 0 Å². The molecule has 1 N–H and O–H groups in total. The highest BCUT2D eigenvalue weighted by atomic mass is 35.5. The number of carboxylic acid groups (broad SMARTS) is 1. The third-order valence-corrected chi connectivity index (χ3v) is 7.35. The summed E-state index contributed by atoms with van der Waals surface area (Å²) in [6.07, 6.45) is 2.71. The van der Waals surface area contributed by atoms with Crippen molar-refractivity contribution in [2.45, 2.75) is 23.9 Å². The zero-order valence-corrected chi connectivity index (χ0v) is 21.6. The van der Waals surface area contributed by atoms with E-state index in [9.17, 15) is 9.90 Å². The van der Waals surface area contributed by atoms with Crippen molar-refractivity contribution in [1.82, 2.24) is 9.55 Å². The minimum Gasteiger partial charge on any atom is -0.493 e. The van der Waals surface area contributed by atoms with Gasteiger partial charge in [0.1, 0.15) is 5.75 Å². The van der Waals surface area contributed by atoms with E-state index in [4.69, 9.17) is 21.3 Å². The van der Waals surface area contributed by atoms with E-state index in [0.29, 0.717) is 35.9 Å². The molecule has 0 aliphatic heterocycles. The van der Waals surface area contributed by atoms with Gasteiger partial charge in [-0.05, 0) is 52.2 Å². The molecule has 0 bridgehead atoms. The number of imidazole rings is 1. The molecule has 186 valence electrons. The Kier molecular flexibility index (Phi) is 7.78. The number of nitrogens with zero attached hydrogens (tertiary/aromatic N) is 2. The van der Waals surface area contributed by atoms with Crippen molar-refractivity contribution in [2.75, 3.05) is 6.61 Å². The predicted octanol–water partition coefficient (Wildman–Crippen LogP) is 7.35. The Hall–Kier alpha value is -3.74. The molecule has 0 aliphatic carbocycles. The SMILES string of the molecule is O=C(O)c1ccccc1CSc1nc(CCOc2ccc(Cl)cc2)cn1Cc1cccc2ccccc12. The molecule has 0 saturated heterocycles. The number of halogens is 1.